The predicted molar refractivity (Wildman–Crippen MR) is 164 cm³/mol. The first-order valence-corrected chi connectivity index (χ1v) is 14.2. The molecule has 5 nitrogen and oxygen atoms in total. The lowest BCUT2D eigenvalue weighted by Gasteiger charge is -2.23. The Morgan fingerprint density at radius 3 is 2.20 bits per heavy atom. The zero-order valence-corrected chi connectivity index (χ0v) is 24.3. The molecular weight excluding hydrogens is 510 g/mol. The molecular formula is C36H39NO4. The van der Waals surface area contributed by atoms with Crippen LogP contribution in [-0.4, -0.2) is 17.0 Å². The second-order valence-corrected chi connectivity index (χ2v) is 11.1. The molecule has 4 aromatic rings. The molecule has 0 radical (unpaired) electrons. The largest absolute Gasteiger partial charge is 0.489 e. The molecule has 0 heterocycles. The van der Waals surface area contributed by atoms with E-state index in [0.717, 1.165) is 39.8 Å². The van der Waals surface area contributed by atoms with Crippen LogP contribution in [0.1, 0.15) is 70.9 Å². The Hall–Kier alpha value is -4.38. The molecule has 0 aromatic heterocycles. The third kappa shape index (κ3) is 8.31. The summed E-state index contributed by atoms with van der Waals surface area (Å²) in [6.45, 7) is 8.74. The minimum atomic E-state index is -0.901. The van der Waals surface area contributed by atoms with Gasteiger partial charge in [-0.3, -0.25) is 9.59 Å². The first kappa shape index (κ1) is 29.6. The monoisotopic (exact) mass is 549 g/mol. The molecule has 0 aliphatic rings. The molecule has 4 rings (SSSR count). The molecule has 1 atom stereocenters. The van der Waals surface area contributed by atoms with Crippen molar-refractivity contribution in [3.63, 3.8) is 0 Å². The van der Waals surface area contributed by atoms with E-state index >= 15 is 0 Å². The van der Waals surface area contributed by atoms with Crippen LogP contribution in [0.3, 0.4) is 0 Å². The number of hydrogen-bond donors (Lipinski definition) is 2. The Morgan fingerprint density at radius 2 is 1.51 bits per heavy atom. The van der Waals surface area contributed by atoms with Gasteiger partial charge in [-0.25, -0.2) is 0 Å². The first-order chi connectivity index (χ1) is 19.7. The molecule has 0 aliphatic carbocycles. The van der Waals surface area contributed by atoms with Gasteiger partial charge < -0.3 is 15.2 Å². The van der Waals surface area contributed by atoms with E-state index in [-0.39, 0.29) is 24.8 Å². The standard InChI is InChI=1S/C36H39NO4/c1-24(2)18-34(30-20-25(3)19-26(4)21-30)37-36(40)33-22-31(16-14-28(33)15-17-35(38)39)41-23-29-12-8-9-13-32(29)27-10-6-5-7-11-27/h5-14,16,19-22,24,34H,15,17-18,23H2,1-4H3,(H,37,40)(H,38,39). The fourth-order valence-corrected chi connectivity index (χ4v) is 5.22. The highest BCUT2D eigenvalue weighted by Gasteiger charge is 2.21. The number of carbonyl (C=O) groups excluding carboxylic acids is 1. The Morgan fingerprint density at radius 1 is 0.829 bits per heavy atom. The molecule has 0 saturated heterocycles. The number of carbonyl (C=O) groups is 2. The van der Waals surface area contributed by atoms with Gasteiger partial charge in [0.1, 0.15) is 12.4 Å². The Balaban J connectivity index is 1.61. The van der Waals surface area contributed by atoms with Crippen molar-refractivity contribution >= 4 is 11.9 Å². The minimum Gasteiger partial charge on any atom is -0.489 e. The average molecular weight is 550 g/mol. The van der Waals surface area contributed by atoms with Crippen LogP contribution in [0.5, 0.6) is 5.75 Å². The molecule has 0 saturated carbocycles. The predicted octanol–water partition coefficient (Wildman–Crippen LogP) is 8.08. The fourth-order valence-electron chi connectivity index (χ4n) is 5.22. The van der Waals surface area contributed by atoms with E-state index in [2.05, 4.69) is 69.4 Å². The molecule has 4 aromatic carbocycles. The van der Waals surface area contributed by atoms with Crippen molar-refractivity contribution < 1.29 is 19.4 Å². The van der Waals surface area contributed by atoms with Gasteiger partial charge in [0, 0.05) is 12.0 Å². The van der Waals surface area contributed by atoms with Crippen LogP contribution in [0, 0.1) is 19.8 Å². The molecule has 0 bridgehead atoms. The van der Waals surface area contributed by atoms with Gasteiger partial charge in [0.15, 0.2) is 0 Å². The Bertz CT molecular complexity index is 1470. The van der Waals surface area contributed by atoms with Crippen LogP contribution >= 0.6 is 0 Å². The van der Waals surface area contributed by atoms with E-state index in [1.807, 2.05) is 48.5 Å². The SMILES string of the molecule is Cc1cc(C)cc(C(CC(C)C)NC(=O)c2cc(OCc3ccccc3-c3ccccc3)ccc2CCC(=O)O)c1. The summed E-state index contributed by atoms with van der Waals surface area (Å²) >= 11 is 0. The van der Waals surface area contributed by atoms with E-state index in [4.69, 9.17) is 4.74 Å². The number of carboxylic acids is 1. The van der Waals surface area contributed by atoms with E-state index in [1.165, 1.54) is 0 Å². The summed E-state index contributed by atoms with van der Waals surface area (Å²) in [4.78, 5) is 25.1. The highest BCUT2D eigenvalue weighted by molar-refractivity contribution is 5.96. The second-order valence-electron chi connectivity index (χ2n) is 11.1. The summed E-state index contributed by atoms with van der Waals surface area (Å²) < 4.78 is 6.21. The number of aliphatic carboxylic acids is 1. The van der Waals surface area contributed by atoms with Crippen molar-refractivity contribution in [2.75, 3.05) is 0 Å². The topological polar surface area (TPSA) is 75.6 Å². The highest BCUT2D eigenvalue weighted by atomic mass is 16.5. The number of amides is 1. The maximum absolute atomic E-state index is 13.8. The summed E-state index contributed by atoms with van der Waals surface area (Å²) in [5, 5.41) is 12.6. The lowest BCUT2D eigenvalue weighted by atomic mass is 9.93. The maximum Gasteiger partial charge on any atom is 0.303 e. The van der Waals surface area contributed by atoms with E-state index in [1.54, 1.807) is 6.07 Å². The van der Waals surface area contributed by atoms with Crippen molar-refractivity contribution in [1.29, 1.82) is 0 Å². The Kier molecular flexibility index (Phi) is 9.96. The van der Waals surface area contributed by atoms with Crippen molar-refractivity contribution in [2.24, 2.45) is 5.92 Å². The lowest BCUT2D eigenvalue weighted by Crippen LogP contribution is -2.30. The normalized spacial score (nSPS) is 11.7. The smallest absolute Gasteiger partial charge is 0.303 e. The van der Waals surface area contributed by atoms with Crippen LogP contribution in [0.15, 0.2) is 91.0 Å². The van der Waals surface area contributed by atoms with Crippen LogP contribution in [0.4, 0.5) is 0 Å². The van der Waals surface area contributed by atoms with Crippen LogP contribution in [0.25, 0.3) is 11.1 Å². The van der Waals surface area contributed by atoms with Gasteiger partial charge in [0.25, 0.3) is 5.91 Å². The summed E-state index contributed by atoms with van der Waals surface area (Å²) in [6.07, 6.45) is 0.983. The van der Waals surface area contributed by atoms with Crippen LogP contribution < -0.4 is 10.1 Å². The van der Waals surface area contributed by atoms with Gasteiger partial charge in [0.2, 0.25) is 0 Å². The number of nitrogens with one attached hydrogen (secondary N) is 1. The van der Waals surface area contributed by atoms with Gasteiger partial charge in [0.05, 0.1) is 6.04 Å². The number of rotatable bonds is 12. The molecule has 2 N–H and O–H groups in total. The maximum atomic E-state index is 13.8. The fraction of sp³-hybridized carbons (Fsp3) is 0.278. The summed E-state index contributed by atoms with van der Waals surface area (Å²) in [7, 11) is 0. The van der Waals surface area contributed by atoms with Crippen molar-refractivity contribution in [2.45, 2.75) is 59.6 Å². The second kappa shape index (κ2) is 13.8. The van der Waals surface area contributed by atoms with Crippen molar-refractivity contribution in [3.8, 4) is 16.9 Å². The zero-order chi connectivity index (χ0) is 29.4. The van der Waals surface area contributed by atoms with Gasteiger partial charge in [-0.05, 0) is 72.6 Å². The quantitative estimate of drug-likeness (QED) is 0.187. The van der Waals surface area contributed by atoms with Gasteiger partial charge in [-0.15, -0.1) is 0 Å². The molecule has 5 heteroatoms. The minimum absolute atomic E-state index is 0.0581. The van der Waals surface area contributed by atoms with Crippen LogP contribution in [0.2, 0.25) is 0 Å². The highest BCUT2D eigenvalue weighted by Crippen LogP contribution is 2.28. The molecule has 1 unspecified atom stereocenters. The van der Waals surface area contributed by atoms with Gasteiger partial charge in [-0.2, -0.15) is 0 Å². The summed E-state index contributed by atoms with van der Waals surface area (Å²) in [6, 6.07) is 29.8. The lowest BCUT2D eigenvalue weighted by molar-refractivity contribution is -0.136. The third-order valence-corrected chi connectivity index (χ3v) is 7.09. The van der Waals surface area contributed by atoms with Gasteiger partial charge in [-0.1, -0.05) is 104 Å². The van der Waals surface area contributed by atoms with E-state index < -0.39 is 5.97 Å². The zero-order valence-electron chi connectivity index (χ0n) is 24.3. The molecule has 0 fully saturated rings. The molecule has 41 heavy (non-hydrogen) atoms. The van der Waals surface area contributed by atoms with Crippen molar-refractivity contribution in [3.05, 3.63) is 124 Å². The number of benzene rings is 4. The van der Waals surface area contributed by atoms with E-state index in [9.17, 15) is 14.7 Å². The summed E-state index contributed by atoms with van der Waals surface area (Å²) in [5.41, 5.74) is 7.73. The number of ether oxygens (including phenoxy) is 1. The molecule has 0 spiro atoms. The summed E-state index contributed by atoms with van der Waals surface area (Å²) in [5.74, 6) is -0.205. The number of hydrogen-bond acceptors (Lipinski definition) is 3. The van der Waals surface area contributed by atoms with E-state index in [0.29, 0.717) is 29.4 Å². The average Bonchev–Trinajstić information content (AvgIpc) is 2.94. The third-order valence-electron chi connectivity index (χ3n) is 7.09. The number of carboxylic acid groups (broad SMARTS) is 1. The number of aryl methyl sites for hydroxylation is 3. The Labute approximate surface area is 243 Å². The molecule has 212 valence electrons. The van der Waals surface area contributed by atoms with Gasteiger partial charge >= 0.3 is 5.97 Å². The van der Waals surface area contributed by atoms with Crippen molar-refractivity contribution in [1.82, 2.24) is 5.32 Å². The molecule has 1 amide bonds. The first-order valence-electron chi connectivity index (χ1n) is 14.2. The van der Waals surface area contributed by atoms with Crippen LogP contribution in [-0.2, 0) is 17.8 Å². The molecule has 0 aliphatic heterocycles.